The maximum atomic E-state index is 13.9. The third kappa shape index (κ3) is 10.6. The highest BCUT2D eigenvalue weighted by Crippen LogP contribution is 2.31. The number of benzene rings is 7. The summed E-state index contributed by atoms with van der Waals surface area (Å²) in [5, 5.41) is 17.7. The molecule has 7 rings (SSSR count). The fraction of sp³-hybridized carbons (Fsp3) is 0.0600. The van der Waals surface area contributed by atoms with Crippen molar-refractivity contribution in [1.29, 1.82) is 0 Å². The van der Waals surface area contributed by atoms with Crippen LogP contribution in [0.25, 0.3) is 0 Å². The van der Waals surface area contributed by atoms with Gasteiger partial charge in [0.25, 0.3) is 29.5 Å². The summed E-state index contributed by atoms with van der Waals surface area (Å²) in [6.45, 7) is 1.77. The van der Waals surface area contributed by atoms with Gasteiger partial charge in [-0.3, -0.25) is 24.0 Å². The van der Waals surface area contributed by atoms with Crippen LogP contribution in [-0.4, -0.2) is 36.6 Å². The molecular formula is C50H42N6O6. The standard InChI is InChI=1S/C50H42N6O6/c1-50(62-2,56-44-28-26-43(27-29-44)53-47(59)35-16-10-5-11-17-35)38-31-36(48(60)54-41-22-18-39(19-23-41)51-45(57)33-12-6-3-7-13-33)30-37(32-38)49(61)55-42-24-20-40(21-25-42)52-46(58)34-14-8-4-9-15-34/h3-32,56H,1-2H3,(H,51,57)(H,52,58)(H,53,59)(H,54,60)(H,55,61). The molecule has 1 unspecified atom stereocenters. The van der Waals surface area contributed by atoms with E-state index < -0.39 is 17.5 Å². The zero-order chi connectivity index (χ0) is 43.5. The first-order valence-electron chi connectivity index (χ1n) is 19.6. The van der Waals surface area contributed by atoms with Crippen molar-refractivity contribution in [2.75, 3.05) is 39.0 Å². The van der Waals surface area contributed by atoms with Crippen LogP contribution < -0.4 is 31.9 Å². The molecule has 0 aliphatic rings. The number of hydrogen-bond acceptors (Lipinski definition) is 7. The number of methoxy groups -OCH3 is 1. The summed E-state index contributed by atoms with van der Waals surface area (Å²) in [5.74, 6) is -1.78. The van der Waals surface area contributed by atoms with E-state index in [1.54, 1.807) is 165 Å². The Morgan fingerprint density at radius 3 is 0.887 bits per heavy atom. The molecule has 0 aromatic heterocycles. The molecule has 7 aromatic carbocycles. The Balaban J connectivity index is 1.11. The number of carbonyl (C=O) groups excluding carboxylic acids is 5. The first kappa shape index (κ1) is 41.8. The van der Waals surface area contributed by atoms with Crippen molar-refractivity contribution in [3.05, 3.63) is 215 Å². The maximum Gasteiger partial charge on any atom is 0.255 e. The van der Waals surface area contributed by atoms with Gasteiger partial charge in [-0.05, 0) is 134 Å². The van der Waals surface area contributed by atoms with E-state index in [1.165, 1.54) is 13.2 Å². The smallest absolute Gasteiger partial charge is 0.255 e. The van der Waals surface area contributed by atoms with Crippen molar-refractivity contribution in [2.45, 2.75) is 12.6 Å². The van der Waals surface area contributed by atoms with Gasteiger partial charge in [-0.25, -0.2) is 0 Å². The summed E-state index contributed by atoms with van der Waals surface area (Å²) in [7, 11) is 1.50. The van der Waals surface area contributed by atoms with Crippen LogP contribution in [0.5, 0.6) is 0 Å². The van der Waals surface area contributed by atoms with Crippen LogP contribution in [0.15, 0.2) is 182 Å². The Morgan fingerprint density at radius 1 is 0.355 bits per heavy atom. The van der Waals surface area contributed by atoms with Gasteiger partial charge in [0.15, 0.2) is 5.72 Å². The maximum absolute atomic E-state index is 13.9. The highest BCUT2D eigenvalue weighted by Gasteiger charge is 2.29. The number of nitrogens with one attached hydrogen (secondary N) is 6. The van der Waals surface area contributed by atoms with Crippen LogP contribution in [0.2, 0.25) is 0 Å². The molecule has 12 nitrogen and oxygen atoms in total. The summed E-state index contributed by atoms with van der Waals surface area (Å²) in [5.41, 5.74) is 4.27. The second kappa shape index (κ2) is 19.1. The molecule has 0 aliphatic heterocycles. The van der Waals surface area contributed by atoms with Crippen molar-refractivity contribution in [3.8, 4) is 0 Å². The number of carbonyl (C=O) groups is 5. The largest absolute Gasteiger partial charge is 0.355 e. The molecule has 62 heavy (non-hydrogen) atoms. The number of anilines is 6. The van der Waals surface area contributed by atoms with E-state index in [1.807, 2.05) is 18.2 Å². The van der Waals surface area contributed by atoms with Gasteiger partial charge >= 0.3 is 0 Å². The lowest BCUT2D eigenvalue weighted by molar-refractivity contribution is 0.0278. The molecule has 7 aromatic rings. The van der Waals surface area contributed by atoms with Gasteiger partial charge in [0.1, 0.15) is 0 Å². The highest BCUT2D eigenvalue weighted by molar-refractivity contribution is 6.10. The quantitative estimate of drug-likeness (QED) is 0.0594. The van der Waals surface area contributed by atoms with Gasteiger partial charge in [-0.15, -0.1) is 0 Å². The van der Waals surface area contributed by atoms with E-state index in [9.17, 15) is 24.0 Å². The molecule has 0 saturated carbocycles. The lowest BCUT2D eigenvalue weighted by Gasteiger charge is -2.32. The first-order valence-corrected chi connectivity index (χ1v) is 19.6. The van der Waals surface area contributed by atoms with Crippen molar-refractivity contribution < 1.29 is 28.7 Å². The minimum Gasteiger partial charge on any atom is -0.355 e. The normalized spacial score (nSPS) is 11.6. The molecule has 0 bridgehead atoms. The molecule has 0 aliphatic carbocycles. The molecule has 12 heteroatoms. The van der Waals surface area contributed by atoms with Crippen LogP contribution >= 0.6 is 0 Å². The first-order chi connectivity index (χ1) is 30.0. The lowest BCUT2D eigenvalue weighted by Crippen LogP contribution is -2.34. The number of rotatable bonds is 14. The molecule has 0 spiro atoms. The van der Waals surface area contributed by atoms with Gasteiger partial charge in [0, 0.05) is 74.6 Å². The second-order valence-corrected chi connectivity index (χ2v) is 14.3. The summed E-state index contributed by atoms with van der Waals surface area (Å²) in [4.78, 5) is 65.9. The summed E-state index contributed by atoms with van der Waals surface area (Å²) >= 11 is 0. The van der Waals surface area contributed by atoms with Crippen molar-refractivity contribution in [3.63, 3.8) is 0 Å². The molecule has 0 saturated heterocycles. The summed E-state index contributed by atoms with van der Waals surface area (Å²) in [6, 6.07) is 51.7. The average Bonchev–Trinajstić information content (AvgIpc) is 3.31. The van der Waals surface area contributed by atoms with E-state index in [-0.39, 0.29) is 28.8 Å². The minimum absolute atomic E-state index is 0.164. The van der Waals surface area contributed by atoms with Crippen LogP contribution in [0.4, 0.5) is 34.1 Å². The number of amides is 5. The van der Waals surface area contributed by atoms with Gasteiger partial charge in [0.05, 0.1) is 0 Å². The molecule has 1 atom stereocenters. The molecule has 0 heterocycles. The predicted molar refractivity (Wildman–Crippen MR) is 243 cm³/mol. The fourth-order valence-corrected chi connectivity index (χ4v) is 6.38. The Morgan fingerprint density at radius 2 is 0.613 bits per heavy atom. The Labute approximate surface area is 358 Å². The van der Waals surface area contributed by atoms with E-state index in [4.69, 9.17) is 4.74 Å². The second-order valence-electron chi connectivity index (χ2n) is 14.3. The molecular weight excluding hydrogens is 781 g/mol. The molecule has 6 N–H and O–H groups in total. The lowest BCUT2D eigenvalue weighted by atomic mass is 9.97. The van der Waals surface area contributed by atoms with E-state index in [0.717, 1.165) is 0 Å². The van der Waals surface area contributed by atoms with E-state index in [2.05, 4.69) is 31.9 Å². The Bertz CT molecular complexity index is 2570. The average molecular weight is 823 g/mol. The number of hydrogen-bond donors (Lipinski definition) is 6. The molecule has 308 valence electrons. The zero-order valence-corrected chi connectivity index (χ0v) is 33.8. The van der Waals surface area contributed by atoms with Crippen LogP contribution in [0.3, 0.4) is 0 Å². The predicted octanol–water partition coefficient (Wildman–Crippen LogP) is 9.88. The Kier molecular flexibility index (Phi) is 12.9. The summed E-state index contributed by atoms with van der Waals surface area (Å²) < 4.78 is 6.03. The van der Waals surface area contributed by atoms with Crippen LogP contribution in [0.1, 0.15) is 64.3 Å². The third-order valence-corrected chi connectivity index (χ3v) is 9.85. The van der Waals surface area contributed by atoms with Crippen molar-refractivity contribution in [1.82, 2.24) is 0 Å². The number of ether oxygens (including phenoxy) is 1. The van der Waals surface area contributed by atoms with E-state index >= 15 is 0 Å². The van der Waals surface area contributed by atoms with Gasteiger partial charge in [0.2, 0.25) is 0 Å². The molecule has 5 amide bonds. The van der Waals surface area contributed by atoms with Gasteiger partial charge < -0.3 is 36.6 Å². The zero-order valence-electron chi connectivity index (χ0n) is 33.8. The van der Waals surface area contributed by atoms with Gasteiger partial charge in [-0.1, -0.05) is 54.6 Å². The van der Waals surface area contributed by atoms with Crippen LogP contribution in [0, 0.1) is 0 Å². The molecule has 0 radical (unpaired) electrons. The Hall–Kier alpha value is -8.35. The van der Waals surface area contributed by atoms with Gasteiger partial charge in [-0.2, -0.15) is 0 Å². The minimum atomic E-state index is -1.27. The molecule has 0 fully saturated rings. The third-order valence-electron chi connectivity index (χ3n) is 9.85. The SMILES string of the molecule is COC(C)(Nc1ccc(NC(=O)c2ccccc2)cc1)c1cc(C(=O)Nc2ccc(NC(=O)c3ccccc3)cc2)cc(C(=O)Nc2ccc(NC(=O)c3ccccc3)cc2)c1. The highest BCUT2D eigenvalue weighted by atomic mass is 16.5. The van der Waals surface area contributed by atoms with E-state index in [0.29, 0.717) is 56.4 Å². The van der Waals surface area contributed by atoms with Crippen molar-refractivity contribution in [2.24, 2.45) is 0 Å². The topological polar surface area (TPSA) is 167 Å². The van der Waals surface area contributed by atoms with Crippen molar-refractivity contribution >= 4 is 63.7 Å². The monoisotopic (exact) mass is 822 g/mol. The summed E-state index contributed by atoms with van der Waals surface area (Å²) in [6.07, 6.45) is 0. The van der Waals surface area contributed by atoms with Crippen LogP contribution in [-0.2, 0) is 10.5 Å². The fourth-order valence-electron chi connectivity index (χ4n) is 6.38.